The Bertz CT molecular complexity index is 1320. The lowest BCUT2D eigenvalue weighted by atomic mass is 9.99. The van der Waals surface area contributed by atoms with Crippen LogP contribution < -0.4 is 10.2 Å². The molecule has 7 heteroatoms. The summed E-state index contributed by atoms with van der Waals surface area (Å²) in [5.74, 6) is -0.810. The van der Waals surface area contributed by atoms with Gasteiger partial charge in [-0.3, -0.25) is 9.59 Å². The van der Waals surface area contributed by atoms with Crippen LogP contribution >= 0.6 is 11.3 Å². The number of rotatable bonds is 4. The first-order valence-corrected chi connectivity index (χ1v) is 11.4. The number of aromatic nitrogens is 1. The zero-order chi connectivity index (χ0) is 22.8. The lowest BCUT2D eigenvalue weighted by molar-refractivity contribution is 0.0987. The van der Waals surface area contributed by atoms with Gasteiger partial charge in [-0.1, -0.05) is 36.4 Å². The maximum absolute atomic E-state index is 13.4. The predicted molar refractivity (Wildman–Crippen MR) is 128 cm³/mol. The van der Waals surface area contributed by atoms with Gasteiger partial charge in [0.1, 0.15) is 15.7 Å². The van der Waals surface area contributed by atoms with Crippen molar-refractivity contribution in [2.75, 3.05) is 16.8 Å². The molecular formula is C26H20FN3O2S. The van der Waals surface area contributed by atoms with Crippen molar-refractivity contribution >= 4 is 34.5 Å². The molecule has 0 bridgehead atoms. The first-order valence-electron chi connectivity index (χ1n) is 10.6. The average molecular weight is 458 g/mol. The van der Waals surface area contributed by atoms with Crippen molar-refractivity contribution < 1.29 is 14.0 Å². The monoisotopic (exact) mass is 457 g/mol. The van der Waals surface area contributed by atoms with Crippen molar-refractivity contribution in [1.29, 1.82) is 0 Å². The van der Waals surface area contributed by atoms with Crippen LogP contribution in [-0.4, -0.2) is 23.3 Å². The second kappa shape index (κ2) is 8.96. The Hall–Kier alpha value is -3.84. The number of nitrogens with one attached hydrogen (secondary N) is 1. The van der Waals surface area contributed by atoms with Crippen LogP contribution in [0.3, 0.4) is 0 Å². The molecule has 0 saturated carbocycles. The van der Waals surface area contributed by atoms with Gasteiger partial charge in [-0.25, -0.2) is 9.37 Å². The van der Waals surface area contributed by atoms with Crippen molar-refractivity contribution in [2.45, 2.75) is 12.8 Å². The number of benzene rings is 3. The fraction of sp³-hybridized carbons (Fsp3) is 0.115. The van der Waals surface area contributed by atoms with Gasteiger partial charge in [0.15, 0.2) is 0 Å². The molecule has 0 aliphatic carbocycles. The van der Waals surface area contributed by atoms with E-state index in [-0.39, 0.29) is 11.8 Å². The topological polar surface area (TPSA) is 62.3 Å². The predicted octanol–water partition coefficient (Wildman–Crippen LogP) is 5.79. The maximum Gasteiger partial charge on any atom is 0.270 e. The minimum Gasteiger partial charge on any atom is -0.322 e. The number of carbonyl (C=O) groups excluding carboxylic acids is 2. The summed E-state index contributed by atoms with van der Waals surface area (Å²) in [4.78, 5) is 32.8. The zero-order valence-corrected chi connectivity index (χ0v) is 18.4. The van der Waals surface area contributed by atoms with E-state index in [9.17, 15) is 14.0 Å². The van der Waals surface area contributed by atoms with Crippen LogP contribution in [0.1, 0.15) is 32.0 Å². The minimum atomic E-state index is -0.392. The molecular weight excluding hydrogens is 437 g/mol. The van der Waals surface area contributed by atoms with Gasteiger partial charge >= 0.3 is 0 Å². The summed E-state index contributed by atoms with van der Waals surface area (Å²) >= 11 is 1.37. The maximum atomic E-state index is 13.4. The summed E-state index contributed by atoms with van der Waals surface area (Å²) in [5, 5.41) is 3.72. The van der Waals surface area contributed by atoms with E-state index in [1.54, 1.807) is 11.1 Å². The second-order valence-electron chi connectivity index (χ2n) is 7.72. The molecule has 1 N–H and O–H groups in total. The van der Waals surface area contributed by atoms with E-state index in [1.807, 2.05) is 48.5 Å². The van der Waals surface area contributed by atoms with Crippen molar-refractivity contribution in [1.82, 2.24) is 4.98 Å². The Balaban J connectivity index is 1.40. The summed E-state index contributed by atoms with van der Waals surface area (Å²) in [6.45, 7) is 0.597. The third-order valence-corrected chi connectivity index (χ3v) is 6.62. The first kappa shape index (κ1) is 21.0. The number of fused-ring (bicyclic) bond motifs is 1. The van der Waals surface area contributed by atoms with Gasteiger partial charge in [0.05, 0.1) is 6.20 Å². The van der Waals surface area contributed by atoms with Gasteiger partial charge in [0.25, 0.3) is 11.8 Å². The van der Waals surface area contributed by atoms with Crippen molar-refractivity contribution in [2.24, 2.45) is 0 Å². The third kappa shape index (κ3) is 4.27. The van der Waals surface area contributed by atoms with E-state index in [1.165, 1.54) is 35.6 Å². The smallest absolute Gasteiger partial charge is 0.270 e. The quantitative estimate of drug-likeness (QED) is 0.422. The number of carbonyl (C=O) groups is 2. The number of nitrogens with zero attached hydrogens (tertiary/aromatic N) is 2. The van der Waals surface area contributed by atoms with Crippen LogP contribution in [0.4, 0.5) is 15.8 Å². The lowest BCUT2D eigenvalue weighted by Gasteiger charge is -2.30. The highest BCUT2D eigenvalue weighted by Gasteiger charge is 2.27. The minimum absolute atomic E-state index is 0.0994. The van der Waals surface area contributed by atoms with Crippen LogP contribution in [0.25, 0.3) is 10.6 Å². The Kier molecular flexibility index (Phi) is 5.71. The molecule has 0 unspecified atom stereocenters. The zero-order valence-electron chi connectivity index (χ0n) is 17.6. The van der Waals surface area contributed by atoms with Crippen LogP contribution in [-0.2, 0) is 6.42 Å². The van der Waals surface area contributed by atoms with Gasteiger partial charge < -0.3 is 10.2 Å². The molecule has 1 aliphatic heterocycles. The third-order valence-electron chi connectivity index (χ3n) is 5.59. The molecule has 5 rings (SSSR count). The fourth-order valence-corrected chi connectivity index (χ4v) is 4.84. The van der Waals surface area contributed by atoms with E-state index in [0.29, 0.717) is 22.7 Å². The SMILES string of the molecule is O=C(Nc1cccc2c1CCCN2C(=O)c1cnc(-c2ccccc2)s1)c1ccc(F)cc1. The number of hydrogen-bond donors (Lipinski definition) is 1. The number of hydrogen-bond acceptors (Lipinski definition) is 4. The molecule has 0 saturated heterocycles. The molecule has 2 amide bonds. The highest BCUT2D eigenvalue weighted by molar-refractivity contribution is 7.17. The summed E-state index contributed by atoms with van der Waals surface area (Å²) in [6, 6.07) is 20.7. The Morgan fingerprint density at radius 2 is 1.76 bits per heavy atom. The van der Waals surface area contributed by atoms with Crippen LogP contribution in [0.5, 0.6) is 0 Å². The van der Waals surface area contributed by atoms with Crippen molar-refractivity contribution in [3.8, 4) is 10.6 Å². The van der Waals surface area contributed by atoms with E-state index in [0.717, 1.165) is 34.7 Å². The molecule has 164 valence electrons. The first-order chi connectivity index (χ1) is 16.1. The molecule has 1 aliphatic rings. The van der Waals surface area contributed by atoms with Gasteiger partial charge in [-0.2, -0.15) is 0 Å². The number of amides is 2. The Morgan fingerprint density at radius 1 is 0.970 bits per heavy atom. The number of anilines is 2. The molecule has 2 heterocycles. The van der Waals surface area contributed by atoms with E-state index in [4.69, 9.17) is 0 Å². The molecule has 5 nitrogen and oxygen atoms in total. The molecule has 33 heavy (non-hydrogen) atoms. The van der Waals surface area contributed by atoms with E-state index in [2.05, 4.69) is 10.3 Å². The lowest BCUT2D eigenvalue weighted by Crippen LogP contribution is -2.35. The molecule has 3 aromatic carbocycles. The summed E-state index contributed by atoms with van der Waals surface area (Å²) in [7, 11) is 0. The van der Waals surface area contributed by atoms with Gasteiger partial charge in [-0.05, 0) is 54.8 Å². The highest BCUT2D eigenvalue weighted by atomic mass is 32.1. The molecule has 4 aromatic rings. The van der Waals surface area contributed by atoms with E-state index >= 15 is 0 Å². The molecule has 0 atom stereocenters. The Labute approximate surface area is 194 Å². The second-order valence-corrected chi connectivity index (χ2v) is 8.75. The molecule has 1 aromatic heterocycles. The van der Waals surface area contributed by atoms with Crippen LogP contribution in [0.2, 0.25) is 0 Å². The standard InChI is InChI=1S/C26H20FN3O2S/c27-19-13-11-17(12-14-19)24(31)29-21-9-4-10-22-20(21)8-5-15-30(22)26(32)23-16-28-25(33-23)18-6-2-1-3-7-18/h1-4,6-7,9-14,16H,5,8,15H2,(H,29,31). The number of thiazole rings is 1. The summed E-state index contributed by atoms with van der Waals surface area (Å²) in [6.07, 6.45) is 3.16. The summed E-state index contributed by atoms with van der Waals surface area (Å²) in [5.41, 5.74) is 3.72. The molecule has 0 radical (unpaired) electrons. The van der Waals surface area contributed by atoms with Gasteiger partial charge in [0, 0.05) is 29.0 Å². The Morgan fingerprint density at radius 3 is 2.55 bits per heavy atom. The van der Waals surface area contributed by atoms with Crippen LogP contribution in [0.15, 0.2) is 79.0 Å². The van der Waals surface area contributed by atoms with E-state index < -0.39 is 5.82 Å². The van der Waals surface area contributed by atoms with Crippen molar-refractivity contribution in [3.05, 3.63) is 101 Å². The molecule has 0 fully saturated rings. The summed E-state index contributed by atoms with van der Waals surface area (Å²) < 4.78 is 13.2. The normalized spacial score (nSPS) is 12.8. The molecule has 0 spiro atoms. The van der Waals surface area contributed by atoms with Crippen molar-refractivity contribution in [3.63, 3.8) is 0 Å². The largest absolute Gasteiger partial charge is 0.322 e. The van der Waals surface area contributed by atoms with Gasteiger partial charge in [-0.15, -0.1) is 11.3 Å². The number of halogens is 1. The average Bonchev–Trinajstić information content (AvgIpc) is 3.35. The van der Waals surface area contributed by atoms with Crippen LogP contribution in [0, 0.1) is 5.82 Å². The fourth-order valence-electron chi connectivity index (χ4n) is 3.97. The highest BCUT2D eigenvalue weighted by Crippen LogP contribution is 2.35. The van der Waals surface area contributed by atoms with Gasteiger partial charge in [0.2, 0.25) is 0 Å².